The number of nitrogens with one attached hydrogen (secondary N) is 1. The highest BCUT2D eigenvalue weighted by molar-refractivity contribution is 6.30. The summed E-state index contributed by atoms with van der Waals surface area (Å²) in [7, 11) is 0. The molecule has 1 atom stereocenters. The van der Waals surface area contributed by atoms with Crippen molar-refractivity contribution in [3.05, 3.63) is 64.7 Å². The lowest BCUT2D eigenvalue weighted by Gasteiger charge is -2.29. The van der Waals surface area contributed by atoms with Gasteiger partial charge in [0.2, 0.25) is 5.91 Å². The van der Waals surface area contributed by atoms with E-state index in [-0.39, 0.29) is 18.4 Å². The van der Waals surface area contributed by atoms with E-state index < -0.39 is 6.04 Å². The monoisotopic (exact) mass is 416 g/mol. The molecule has 0 saturated heterocycles. The summed E-state index contributed by atoms with van der Waals surface area (Å²) >= 11 is 5.88. The van der Waals surface area contributed by atoms with Crippen molar-refractivity contribution < 1.29 is 14.3 Å². The number of benzene rings is 2. The average molecular weight is 417 g/mol. The van der Waals surface area contributed by atoms with E-state index >= 15 is 0 Å². The van der Waals surface area contributed by atoms with Crippen LogP contribution in [0, 0.1) is 12.8 Å². The van der Waals surface area contributed by atoms with Crippen LogP contribution in [0.1, 0.15) is 31.9 Å². The quantitative estimate of drug-likeness (QED) is 0.665. The first-order valence-electron chi connectivity index (χ1n) is 9.77. The molecule has 2 aromatic carbocycles. The Labute approximate surface area is 178 Å². The van der Waals surface area contributed by atoms with Gasteiger partial charge in [-0.3, -0.25) is 9.59 Å². The van der Waals surface area contributed by atoms with Gasteiger partial charge in [-0.1, -0.05) is 55.3 Å². The van der Waals surface area contributed by atoms with Crippen molar-refractivity contribution in [2.45, 2.75) is 40.3 Å². The molecule has 156 valence electrons. The molecule has 1 N–H and O–H groups in total. The molecule has 0 fully saturated rings. The molecular weight excluding hydrogens is 388 g/mol. The summed E-state index contributed by atoms with van der Waals surface area (Å²) in [6, 6.07) is 14.1. The van der Waals surface area contributed by atoms with Gasteiger partial charge in [0.1, 0.15) is 11.8 Å². The molecule has 0 bridgehead atoms. The van der Waals surface area contributed by atoms with E-state index in [0.29, 0.717) is 29.8 Å². The lowest BCUT2D eigenvalue weighted by Crippen LogP contribution is -2.49. The van der Waals surface area contributed by atoms with E-state index in [1.807, 2.05) is 45.0 Å². The Bertz CT molecular complexity index is 821. The van der Waals surface area contributed by atoms with Gasteiger partial charge in [0.15, 0.2) is 6.61 Å². The van der Waals surface area contributed by atoms with E-state index in [4.69, 9.17) is 16.3 Å². The third-order valence-electron chi connectivity index (χ3n) is 4.46. The first-order valence-corrected chi connectivity index (χ1v) is 10.1. The van der Waals surface area contributed by atoms with Crippen molar-refractivity contribution in [2.75, 3.05) is 13.2 Å². The van der Waals surface area contributed by atoms with Crippen molar-refractivity contribution in [1.82, 2.24) is 10.2 Å². The first-order chi connectivity index (χ1) is 13.8. The van der Waals surface area contributed by atoms with Crippen molar-refractivity contribution in [3.63, 3.8) is 0 Å². The summed E-state index contributed by atoms with van der Waals surface area (Å²) in [5.74, 6) is 0.454. The van der Waals surface area contributed by atoms with Gasteiger partial charge < -0.3 is 15.0 Å². The summed E-state index contributed by atoms with van der Waals surface area (Å²) < 4.78 is 5.61. The molecule has 0 spiro atoms. The molecule has 2 aromatic rings. The Kier molecular flexibility index (Phi) is 8.52. The van der Waals surface area contributed by atoms with Crippen LogP contribution in [0.4, 0.5) is 0 Å². The van der Waals surface area contributed by atoms with Gasteiger partial charge in [0.05, 0.1) is 0 Å². The smallest absolute Gasteiger partial charge is 0.261 e. The average Bonchev–Trinajstić information content (AvgIpc) is 2.69. The Hall–Kier alpha value is -2.53. The van der Waals surface area contributed by atoms with E-state index in [9.17, 15) is 9.59 Å². The Morgan fingerprint density at radius 3 is 2.41 bits per heavy atom. The minimum Gasteiger partial charge on any atom is -0.484 e. The van der Waals surface area contributed by atoms with E-state index in [1.165, 1.54) is 0 Å². The summed E-state index contributed by atoms with van der Waals surface area (Å²) in [6.07, 6.45) is 0. The molecule has 0 aliphatic rings. The third-order valence-corrected chi connectivity index (χ3v) is 4.72. The molecule has 6 heteroatoms. The molecule has 0 aliphatic heterocycles. The summed E-state index contributed by atoms with van der Waals surface area (Å²) in [5.41, 5.74) is 2.07. The number of aryl methyl sites for hydroxylation is 1. The Balaban J connectivity index is 2.12. The van der Waals surface area contributed by atoms with E-state index in [1.54, 1.807) is 36.1 Å². The lowest BCUT2D eigenvalue weighted by molar-refractivity contribution is -0.142. The van der Waals surface area contributed by atoms with Crippen LogP contribution in [0.15, 0.2) is 48.5 Å². The van der Waals surface area contributed by atoms with Gasteiger partial charge in [0, 0.05) is 18.1 Å². The minimum atomic E-state index is -0.615. The standard InChI is InChI=1S/C23H29ClN2O3/c1-16(2)13-25-23(28)18(4)26(14-19-7-5-6-17(3)12-19)22(27)15-29-21-10-8-20(24)9-11-21/h5-12,16,18H,13-15H2,1-4H3,(H,25,28)/t18-/m1/s1. The van der Waals surface area contributed by atoms with Crippen LogP contribution in [-0.2, 0) is 16.1 Å². The number of carbonyl (C=O) groups excluding carboxylic acids is 2. The van der Waals surface area contributed by atoms with Crippen molar-refractivity contribution >= 4 is 23.4 Å². The second-order valence-electron chi connectivity index (χ2n) is 7.57. The van der Waals surface area contributed by atoms with Gasteiger partial charge in [-0.15, -0.1) is 0 Å². The van der Waals surface area contributed by atoms with Gasteiger partial charge in [-0.05, 0) is 49.6 Å². The molecule has 29 heavy (non-hydrogen) atoms. The van der Waals surface area contributed by atoms with Crippen LogP contribution in [0.25, 0.3) is 0 Å². The summed E-state index contributed by atoms with van der Waals surface area (Å²) in [4.78, 5) is 27.1. The predicted octanol–water partition coefficient (Wildman–Crippen LogP) is 4.22. The zero-order valence-corrected chi connectivity index (χ0v) is 18.2. The fourth-order valence-electron chi connectivity index (χ4n) is 2.80. The van der Waals surface area contributed by atoms with E-state index in [0.717, 1.165) is 11.1 Å². The van der Waals surface area contributed by atoms with Crippen LogP contribution in [0.2, 0.25) is 5.02 Å². The van der Waals surface area contributed by atoms with Crippen LogP contribution in [0.3, 0.4) is 0 Å². The molecule has 0 unspecified atom stereocenters. The number of hydrogen-bond donors (Lipinski definition) is 1. The van der Waals surface area contributed by atoms with E-state index in [2.05, 4.69) is 5.32 Å². The van der Waals surface area contributed by atoms with Crippen LogP contribution in [-0.4, -0.2) is 35.9 Å². The number of ether oxygens (including phenoxy) is 1. The van der Waals surface area contributed by atoms with Crippen molar-refractivity contribution in [1.29, 1.82) is 0 Å². The number of halogens is 1. The highest BCUT2D eigenvalue weighted by Crippen LogP contribution is 2.16. The number of rotatable bonds is 9. The molecule has 0 radical (unpaired) electrons. The summed E-state index contributed by atoms with van der Waals surface area (Å²) in [5, 5.41) is 3.50. The topological polar surface area (TPSA) is 58.6 Å². The molecule has 2 amide bonds. The zero-order chi connectivity index (χ0) is 21.4. The highest BCUT2D eigenvalue weighted by Gasteiger charge is 2.26. The molecular formula is C23H29ClN2O3. The first kappa shape index (κ1) is 22.8. The second kappa shape index (κ2) is 10.9. The highest BCUT2D eigenvalue weighted by atomic mass is 35.5. The Morgan fingerprint density at radius 1 is 1.10 bits per heavy atom. The van der Waals surface area contributed by atoms with Gasteiger partial charge in [0.25, 0.3) is 5.91 Å². The zero-order valence-electron chi connectivity index (χ0n) is 17.4. The SMILES string of the molecule is Cc1cccc(CN(C(=O)COc2ccc(Cl)cc2)[C@H](C)C(=O)NCC(C)C)c1. The largest absolute Gasteiger partial charge is 0.484 e. The molecule has 0 saturated carbocycles. The molecule has 2 rings (SSSR count). The van der Waals surface area contributed by atoms with Crippen LogP contribution in [0.5, 0.6) is 5.75 Å². The molecule has 5 nitrogen and oxygen atoms in total. The van der Waals surface area contributed by atoms with Crippen LogP contribution < -0.4 is 10.1 Å². The third kappa shape index (κ3) is 7.42. The fourth-order valence-corrected chi connectivity index (χ4v) is 2.93. The number of carbonyl (C=O) groups is 2. The normalized spacial score (nSPS) is 11.8. The Morgan fingerprint density at radius 2 is 1.79 bits per heavy atom. The maximum absolute atomic E-state index is 13.0. The predicted molar refractivity (Wildman–Crippen MR) is 116 cm³/mol. The second-order valence-corrected chi connectivity index (χ2v) is 8.00. The minimum absolute atomic E-state index is 0.157. The number of hydrogen-bond acceptors (Lipinski definition) is 3. The van der Waals surface area contributed by atoms with Crippen LogP contribution >= 0.6 is 11.6 Å². The molecule has 0 aromatic heterocycles. The van der Waals surface area contributed by atoms with Crippen molar-refractivity contribution in [3.8, 4) is 5.75 Å². The lowest BCUT2D eigenvalue weighted by atomic mass is 10.1. The van der Waals surface area contributed by atoms with Gasteiger partial charge in [-0.25, -0.2) is 0 Å². The maximum Gasteiger partial charge on any atom is 0.261 e. The maximum atomic E-state index is 13.0. The van der Waals surface area contributed by atoms with Gasteiger partial charge in [-0.2, -0.15) is 0 Å². The number of amides is 2. The fraction of sp³-hybridized carbons (Fsp3) is 0.391. The molecule has 0 aliphatic carbocycles. The van der Waals surface area contributed by atoms with Gasteiger partial charge >= 0.3 is 0 Å². The summed E-state index contributed by atoms with van der Waals surface area (Å²) in [6.45, 7) is 8.54. The molecule has 0 heterocycles. The number of nitrogens with zero attached hydrogens (tertiary/aromatic N) is 1. The van der Waals surface area contributed by atoms with Crippen molar-refractivity contribution in [2.24, 2.45) is 5.92 Å².